The van der Waals surface area contributed by atoms with Gasteiger partial charge in [-0.2, -0.15) is 0 Å². The van der Waals surface area contributed by atoms with Crippen molar-refractivity contribution in [2.75, 3.05) is 20.2 Å². The summed E-state index contributed by atoms with van der Waals surface area (Å²) in [5.41, 5.74) is 5.58. The van der Waals surface area contributed by atoms with Crippen LogP contribution in [0.15, 0.2) is 78.9 Å². The zero-order valence-corrected chi connectivity index (χ0v) is 19.7. The smallest absolute Gasteiger partial charge is 0.116 e. The Morgan fingerprint density at radius 3 is 2.32 bits per heavy atom. The standard InChI is InChI=1S/C30H31NO3/c1-3-34-30(22-8-6-21(7-9-22)28-5-4-18-31(28)2)29-26(20-10-13-24(32)14-11-20)16-12-23-19-25(33)15-17-27(23)29/h6-17,19,28,30,32-33H,3-5,18H2,1-2H3. The summed E-state index contributed by atoms with van der Waals surface area (Å²) in [7, 11) is 2.20. The van der Waals surface area contributed by atoms with Crippen LogP contribution in [0, 0.1) is 0 Å². The molecule has 1 saturated heterocycles. The van der Waals surface area contributed by atoms with Gasteiger partial charge in [0.1, 0.15) is 17.6 Å². The number of benzene rings is 4. The predicted octanol–water partition coefficient (Wildman–Crippen LogP) is 6.81. The van der Waals surface area contributed by atoms with Gasteiger partial charge in [0.25, 0.3) is 0 Å². The van der Waals surface area contributed by atoms with Gasteiger partial charge in [-0.3, -0.25) is 4.90 Å². The fourth-order valence-electron chi connectivity index (χ4n) is 5.25. The third kappa shape index (κ3) is 4.27. The van der Waals surface area contributed by atoms with E-state index in [-0.39, 0.29) is 17.6 Å². The number of rotatable bonds is 6. The van der Waals surface area contributed by atoms with E-state index in [1.54, 1.807) is 24.3 Å². The number of phenolic OH excluding ortho intramolecular Hbond substituents is 2. The van der Waals surface area contributed by atoms with Crippen LogP contribution in [0.5, 0.6) is 11.5 Å². The Morgan fingerprint density at radius 2 is 1.65 bits per heavy atom. The maximum Gasteiger partial charge on any atom is 0.116 e. The van der Waals surface area contributed by atoms with E-state index in [0.29, 0.717) is 12.6 Å². The van der Waals surface area contributed by atoms with Crippen LogP contribution in [-0.2, 0) is 4.74 Å². The molecule has 2 N–H and O–H groups in total. The van der Waals surface area contributed by atoms with Gasteiger partial charge in [-0.05, 0) is 90.6 Å². The predicted molar refractivity (Wildman–Crippen MR) is 137 cm³/mol. The van der Waals surface area contributed by atoms with Crippen molar-refractivity contribution >= 4 is 10.8 Å². The minimum Gasteiger partial charge on any atom is -0.508 e. The van der Waals surface area contributed by atoms with Gasteiger partial charge in [-0.15, -0.1) is 0 Å². The Balaban J connectivity index is 1.66. The molecule has 4 heteroatoms. The minimum atomic E-state index is -0.266. The highest BCUT2D eigenvalue weighted by molar-refractivity contribution is 5.93. The van der Waals surface area contributed by atoms with Gasteiger partial charge in [-0.1, -0.05) is 54.6 Å². The summed E-state index contributed by atoms with van der Waals surface area (Å²) in [6.07, 6.45) is 2.17. The molecule has 0 aromatic heterocycles. The van der Waals surface area contributed by atoms with Crippen LogP contribution in [0.25, 0.3) is 21.9 Å². The Bertz CT molecular complexity index is 1280. The Hall–Kier alpha value is -3.34. The monoisotopic (exact) mass is 453 g/mol. The highest BCUT2D eigenvalue weighted by Gasteiger charge is 2.25. The average Bonchev–Trinajstić information content (AvgIpc) is 3.28. The van der Waals surface area contributed by atoms with Crippen LogP contribution in [0.4, 0.5) is 0 Å². The van der Waals surface area contributed by atoms with E-state index in [9.17, 15) is 10.2 Å². The lowest BCUT2D eigenvalue weighted by Gasteiger charge is -2.25. The van der Waals surface area contributed by atoms with Crippen molar-refractivity contribution in [3.63, 3.8) is 0 Å². The first kappa shape index (κ1) is 22.5. The fourth-order valence-corrected chi connectivity index (χ4v) is 5.25. The largest absolute Gasteiger partial charge is 0.508 e. The van der Waals surface area contributed by atoms with Crippen LogP contribution in [0.1, 0.15) is 48.6 Å². The van der Waals surface area contributed by atoms with E-state index in [1.165, 1.54) is 18.4 Å². The molecule has 4 aromatic rings. The summed E-state index contributed by atoms with van der Waals surface area (Å²) in [6, 6.07) is 26.2. The van der Waals surface area contributed by atoms with Crippen molar-refractivity contribution < 1.29 is 14.9 Å². The number of phenols is 2. The molecule has 1 fully saturated rings. The molecular weight excluding hydrogens is 422 g/mol. The van der Waals surface area contributed by atoms with Crippen LogP contribution >= 0.6 is 0 Å². The molecule has 0 spiro atoms. The van der Waals surface area contributed by atoms with Crippen LogP contribution in [0.3, 0.4) is 0 Å². The first-order valence-corrected chi connectivity index (χ1v) is 12.0. The molecule has 174 valence electrons. The maximum atomic E-state index is 10.1. The highest BCUT2D eigenvalue weighted by Crippen LogP contribution is 2.41. The molecule has 0 saturated carbocycles. The quantitative estimate of drug-likeness (QED) is 0.337. The van der Waals surface area contributed by atoms with E-state index >= 15 is 0 Å². The summed E-state index contributed by atoms with van der Waals surface area (Å²) in [5, 5.41) is 21.9. The summed E-state index contributed by atoms with van der Waals surface area (Å²) < 4.78 is 6.40. The molecule has 34 heavy (non-hydrogen) atoms. The topological polar surface area (TPSA) is 52.9 Å². The van der Waals surface area contributed by atoms with E-state index in [0.717, 1.165) is 39.6 Å². The van der Waals surface area contributed by atoms with Crippen molar-refractivity contribution in [3.8, 4) is 22.6 Å². The van der Waals surface area contributed by atoms with Crippen molar-refractivity contribution in [1.82, 2.24) is 4.90 Å². The molecule has 1 aliphatic rings. The normalized spacial score (nSPS) is 17.3. The van der Waals surface area contributed by atoms with Gasteiger partial charge in [0.05, 0.1) is 0 Å². The second kappa shape index (κ2) is 9.49. The number of aromatic hydroxyl groups is 2. The zero-order chi connectivity index (χ0) is 23.7. The van der Waals surface area contributed by atoms with E-state index < -0.39 is 0 Å². The van der Waals surface area contributed by atoms with Crippen LogP contribution in [0.2, 0.25) is 0 Å². The lowest BCUT2D eigenvalue weighted by Crippen LogP contribution is -2.17. The second-order valence-corrected chi connectivity index (χ2v) is 9.12. The number of nitrogens with zero attached hydrogens (tertiary/aromatic N) is 1. The summed E-state index contributed by atoms with van der Waals surface area (Å²) >= 11 is 0. The van der Waals surface area contributed by atoms with Gasteiger partial charge in [0.15, 0.2) is 0 Å². The van der Waals surface area contributed by atoms with Crippen LogP contribution in [-0.4, -0.2) is 35.3 Å². The number of hydrogen-bond acceptors (Lipinski definition) is 4. The fraction of sp³-hybridized carbons (Fsp3) is 0.267. The third-order valence-electron chi connectivity index (χ3n) is 6.96. The highest BCUT2D eigenvalue weighted by atomic mass is 16.5. The lowest BCUT2D eigenvalue weighted by atomic mass is 9.87. The van der Waals surface area contributed by atoms with Gasteiger partial charge in [0, 0.05) is 18.2 Å². The molecule has 4 nitrogen and oxygen atoms in total. The molecule has 2 atom stereocenters. The molecule has 0 bridgehead atoms. The summed E-state index contributed by atoms with van der Waals surface area (Å²) in [4.78, 5) is 2.43. The Labute approximate surface area is 201 Å². The summed E-state index contributed by atoms with van der Waals surface area (Å²) in [5.74, 6) is 0.485. The molecule has 2 unspecified atom stereocenters. The van der Waals surface area contributed by atoms with Gasteiger partial charge < -0.3 is 14.9 Å². The molecule has 5 rings (SSSR count). The molecular formula is C30H31NO3. The number of fused-ring (bicyclic) bond motifs is 1. The third-order valence-corrected chi connectivity index (χ3v) is 6.96. The number of likely N-dealkylation sites (tertiary alicyclic amines) is 1. The molecule has 4 aromatic carbocycles. The van der Waals surface area contributed by atoms with Crippen molar-refractivity contribution in [1.29, 1.82) is 0 Å². The maximum absolute atomic E-state index is 10.1. The minimum absolute atomic E-state index is 0.241. The van der Waals surface area contributed by atoms with Crippen molar-refractivity contribution in [3.05, 3.63) is 95.6 Å². The number of hydrogen-bond donors (Lipinski definition) is 2. The van der Waals surface area contributed by atoms with Crippen molar-refractivity contribution in [2.45, 2.75) is 31.9 Å². The first-order chi connectivity index (χ1) is 16.5. The Morgan fingerprint density at radius 1 is 0.912 bits per heavy atom. The van der Waals surface area contributed by atoms with E-state index in [4.69, 9.17) is 4.74 Å². The molecule has 0 radical (unpaired) electrons. The van der Waals surface area contributed by atoms with Crippen LogP contribution < -0.4 is 0 Å². The zero-order valence-electron chi connectivity index (χ0n) is 19.7. The van der Waals surface area contributed by atoms with Gasteiger partial charge >= 0.3 is 0 Å². The lowest BCUT2D eigenvalue weighted by molar-refractivity contribution is 0.0926. The van der Waals surface area contributed by atoms with Gasteiger partial charge in [0.2, 0.25) is 0 Å². The van der Waals surface area contributed by atoms with E-state index in [1.807, 2.05) is 31.2 Å². The van der Waals surface area contributed by atoms with Gasteiger partial charge in [-0.25, -0.2) is 0 Å². The second-order valence-electron chi connectivity index (χ2n) is 9.12. The molecule has 0 amide bonds. The molecule has 1 heterocycles. The van der Waals surface area contributed by atoms with Crippen molar-refractivity contribution in [2.24, 2.45) is 0 Å². The first-order valence-electron chi connectivity index (χ1n) is 12.0. The van der Waals surface area contributed by atoms with E-state index in [2.05, 4.69) is 42.3 Å². The Kier molecular flexibility index (Phi) is 6.27. The molecule has 1 aliphatic heterocycles. The summed E-state index contributed by atoms with van der Waals surface area (Å²) in [6.45, 7) is 3.74. The average molecular weight is 454 g/mol. The SMILES string of the molecule is CCOC(c1ccc(C2CCCN2C)cc1)c1c(-c2ccc(O)cc2)ccc2cc(O)ccc12. The molecule has 0 aliphatic carbocycles. The number of ether oxygens (including phenoxy) is 1.